The standard InChI is InChI=1S/C23H28N4O2S/c1-30(28,29)22-10-8-19(9-11-22)17-26-12-5-13-27(15-14-26)18-21-16-24-23(25-21)20-6-3-2-4-7-20/h2-4,6-11,16H,5,12-15,17-18H2,1H3,(H,24,25). The molecule has 0 atom stereocenters. The molecule has 4 rings (SSSR count). The van der Waals surface area contributed by atoms with Gasteiger partial charge in [-0.2, -0.15) is 0 Å². The molecule has 2 heterocycles. The molecule has 0 unspecified atom stereocenters. The Morgan fingerprint density at radius 1 is 0.900 bits per heavy atom. The Balaban J connectivity index is 1.32. The van der Waals surface area contributed by atoms with E-state index in [0.717, 1.165) is 68.3 Å². The van der Waals surface area contributed by atoms with E-state index in [4.69, 9.17) is 0 Å². The molecule has 2 aromatic carbocycles. The maximum atomic E-state index is 11.6. The molecule has 1 aromatic heterocycles. The minimum Gasteiger partial charge on any atom is -0.341 e. The quantitative estimate of drug-likeness (QED) is 0.658. The molecule has 1 N–H and O–H groups in total. The SMILES string of the molecule is CS(=O)(=O)c1ccc(CN2CCCN(Cc3cnc(-c4ccccc4)[nH]3)CC2)cc1. The van der Waals surface area contributed by atoms with Crippen molar-refractivity contribution < 1.29 is 8.42 Å². The lowest BCUT2D eigenvalue weighted by molar-refractivity contribution is 0.246. The summed E-state index contributed by atoms with van der Waals surface area (Å²) in [7, 11) is -3.14. The van der Waals surface area contributed by atoms with Crippen molar-refractivity contribution >= 4 is 9.84 Å². The molecule has 158 valence electrons. The first-order chi connectivity index (χ1) is 14.5. The van der Waals surface area contributed by atoms with Crippen molar-refractivity contribution in [2.24, 2.45) is 0 Å². The van der Waals surface area contributed by atoms with E-state index in [1.807, 2.05) is 36.5 Å². The smallest absolute Gasteiger partial charge is 0.175 e. The predicted octanol–water partition coefficient (Wildman–Crippen LogP) is 3.19. The van der Waals surface area contributed by atoms with Gasteiger partial charge in [0.2, 0.25) is 0 Å². The summed E-state index contributed by atoms with van der Waals surface area (Å²) in [5, 5.41) is 0. The number of aromatic amines is 1. The highest BCUT2D eigenvalue weighted by atomic mass is 32.2. The van der Waals surface area contributed by atoms with Gasteiger partial charge in [0, 0.05) is 49.9 Å². The molecular weight excluding hydrogens is 396 g/mol. The highest BCUT2D eigenvalue weighted by Gasteiger charge is 2.16. The lowest BCUT2D eigenvalue weighted by Crippen LogP contribution is -2.30. The Bertz CT molecular complexity index is 1060. The topological polar surface area (TPSA) is 69.3 Å². The minimum absolute atomic E-state index is 0.378. The van der Waals surface area contributed by atoms with E-state index in [2.05, 4.69) is 31.9 Å². The zero-order valence-electron chi connectivity index (χ0n) is 17.3. The molecule has 0 bridgehead atoms. The Hall–Kier alpha value is -2.48. The van der Waals surface area contributed by atoms with Gasteiger partial charge >= 0.3 is 0 Å². The molecule has 6 nitrogen and oxygen atoms in total. The van der Waals surface area contributed by atoms with E-state index in [1.165, 1.54) is 6.26 Å². The molecule has 0 radical (unpaired) electrons. The van der Waals surface area contributed by atoms with E-state index < -0.39 is 9.84 Å². The van der Waals surface area contributed by atoms with Crippen molar-refractivity contribution in [2.45, 2.75) is 24.4 Å². The molecule has 7 heteroatoms. The summed E-state index contributed by atoms with van der Waals surface area (Å²) in [5.74, 6) is 0.916. The van der Waals surface area contributed by atoms with E-state index in [-0.39, 0.29) is 0 Å². The summed E-state index contributed by atoms with van der Waals surface area (Å²) >= 11 is 0. The first-order valence-electron chi connectivity index (χ1n) is 10.3. The Kier molecular flexibility index (Phi) is 6.32. The van der Waals surface area contributed by atoms with Gasteiger partial charge in [-0.3, -0.25) is 9.80 Å². The van der Waals surface area contributed by atoms with Crippen LogP contribution in [0.3, 0.4) is 0 Å². The van der Waals surface area contributed by atoms with Crippen LogP contribution in [0.15, 0.2) is 65.7 Å². The lowest BCUT2D eigenvalue weighted by Gasteiger charge is -2.21. The van der Waals surface area contributed by atoms with Crippen molar-refractivity contribution in [2.75, 3.05) is 32.4 Å². The molecule has 0 aliphatic carbocycles. The average molecular weight is 425 g/mol. The fourth-order valence-corrected chi connectivity index (χ4v) is 4.49. The van der Waals surface area contributed by atoms with E-state index in [0.29, 0.717) is 4.90 Å². The van der Waals surface area contributed by atoms with Crippen LogP contribution in [0.5, 0.6) is 0 Å². The number of H-pyrrole nitrogens is 1. The second-order valence-electron chi connectivity index (χ2n) is 7.95. The average Bonchev–Trinajstić information content (AvgIpc) is 3.09. The summed E-state index contributed by atoms with van der Waals surface area (Å²) in [6, 6.07) is 17.4. The molecule has 30 heavy (non-hydrogen) atoms. The van der Waals surface area contributed by atoms with Crippen molar-refractivity contribution in [3.63, 3.8) is 0 Å². The molecule has 0 spiro atoms. The summed E-state index contributed by atoms with van der Waals surface area (Å²) in [4.78, 5) is 13.3. The Morgan fingerprint density at radius 3 is 2.23 bits per heavy atom. The van der Waals surface area contributed by atoms with Gasteiger partial charge in [-0.15, -0.1) is 0 Å². The predicted molar refractivity (Wildman–Crippen MR) is 119 cm³/mol. The van der Waals surface area contributed by atoms with Crippen molar-refractivity contribution in [3.8, 4) is 11.4 Å². The monoisotopic (exact) mass is 424 g/mol. The number of aromatic nitrogens is 2. The third kappa shape index (κ3) is 5.36. The molecule has 1 fully saturated rings. The molecule has 3 aromatic rings. The molecule has 0 saturated carbocycles. The third-order valence-corrected chi connectivity index (χ3v) is 6.64. The lowest BCUT2D eigenvalue weighted by atomic mass is 10.2. The normalized spacial score (nSPS) is 16.4. The van der Waals surface area contributed by atoms with Gasteiger partial charge in [0.25, 0.3) is 0 Å². The molecule has 1 aliphatic heterocycles. The van der Waals surface area contributed by atoms with Crippen LogP contribution in [-0.2, 0) is 22.9 Å². The molecule has 0 amide bonds. The van der Waals surface area contributed by atoms with Crippen LogP contribution in [0.4, 0.5) is 0 Å². The molecule has 1 saturated heterocycles. The van der Waals surface area contributed by atoms with E-state index in [1.54, 1.807) is 12.1 Å². The van der Waals surface area contributed by atoms with Crippen LogP contribution >= 0.6 is 0 Å². The van der Waals surface area contributed by atoms with Crippen molar-refractivity contribution in [1.82, 2.24) is 19.8 Å². The number of benzene rings is 2. The second kappa shape index (κ2) is 9.12. The maximum Gasteiger partial charge on any atom is 0.175 e. The van der Waals surface area contributed by atoms with Gasteiger partial charge in [-0.1, -0.05) is 42.5 Å². The van der Waals surface area contributed by atoms with Gasteiger partial charge in [-0.05, 0) is 37.2 Å². The fraction of sp³-hybridized carbons (Fsp3) is 0.348. The Morgan fingerprint density at radius 2 is 1.57 bits per heavy atom. The zero-order chi connectivity index (χ0) is 21.0. The van der Waals surface area contributed by atoms with Crippen LogP contribution in [0, 0.1) is 0 Å². The summed E-state index contributed by atoms with van der Waals surface area (Å²) in [6.07, 6.45) is 4.29. The minimum atomic E-state index is -3.14. The van der Waals surface area contributed by atoms with Gasteiger partial charge in [0.1, 0.15) is 5.82 Å². The molecular formula is C23H28N4O2S. The first kappa shape index (κ1) is 20.8. The van der Waals surface area contributed by atoms with Crippen molar-refractivity contribution in [3.05, 3.63) is 72.1 Å². The van der Waals surface area contributed by atoms with Crippen LogP contribution in [0.1, 0.15) is 17.7 Å². The largest absolute Gasteiger partial charge is 0.341 e. The van der Waals surface area contributed by atoms with Gasteiger partial charge < -0.3 is 4.98 Å². The van der Waals surface area contributed by atoms with Crippen LogP contribution in [0.25, 0.3) is 11.4 Å². The number of rotatable bonds is 6. The number of sulfone groups is 1. The number of imidazole rings is 1. The van der Waals surface area contributed by atoms with Gasteiger partial charge in [-0.25, -0.2) is 13.4 Å². The summed E-state index contributed by atoms with van der Waals surface area (Å²) in [5.41, 5.74) is 3.39. The number of nitrogens with one attached hydrogen (secondary N) is 1. The van der Waals surface area contributed by atoms with Crippen LogP contribution < -0.4 is 0 Å². The maximum absolute atomic E-state index is 11.6. The Labute approximate surface area is 178 Å². The third-order valence-electron chi connectivity index (χ3n) is 5.51. The van der Waals surface area contributed by atoms with E-state index in [9.17, 15) is 8.42 Å². The number of hydrogen-bond donors (Lipinski definition) is 1. The van der Waals surface area contributed by atoms with E-state index >= 15 is 0 Å². The molecule has 1 aliphatic rings. The van der Waals surface area contributed by atoms with Crippen LogP contribution in [0.2, 0.25) is 0 Å². The van der Waals surface area contributed by atoms with Gasteiger partial charge in [0.05, 0.1) is 4.90 Å². The first-order valence-corrected chi connectivity index (χ1v) is 12.2. The second-order valence-corrected chi connectivity index (χ2v) is 9.96. The number of nitrogens with zero attached hydrogens (tertiary/aromatic N) is 3. The highest BCUT2D eigenvalue weighted by Crippen LogP contribution is 2.17. The number of hydrogen-bond acceptors (Lipinski definition) is 5. The summed E-state index contributed by atoms with van der Waals surface area (Å²) in [6.45, 7) is 5.82. The highest BCUT2D eigenvalue weighted by molar-refractivity contribution is 7.90. The van der Waals surface area contributed by atoms with Crippen LogP contribution in [-0.4, -0.2) is 60.6 Å². The summed E-state index contributed by atoms with van der Waals surface area (Å²) < 4.78 is 23.2. The zero-order valence-corrected chi connectivity index (χ0v) is 18.1. The van der Waals surface area contributed by atoms with Gasteiger partial charge in [0.15, 0.2) is 9.84 Å². The fourth-order valence-electron chi connectivity index (χ4n) is 3.86. The van der Waals surface area contributed by atoms with Crippen molar-refractivity contribution in [1.29, 1.82) is 0 Å².